The summed E-state index contributed by atoms with van der Waals surface area (Å²) in [5.74, 6) is -0.0665. The zero-order valence-corrected chi connectivity index (χ0v) is 15.9. The van der Waals surface area contributed by atoms with E-state index in [9.17, 15) is 13.2 Å². The standard InChI is InChI=1S/C19H28N2O3S/c1-3-21(25(23,24)4-2)18-12-10-17(11-13-18)19(22)20-15-14-16-8-6-5-7-9-16/h8,10-13H,3-7,9,14-15H2,1-2H3,(H,20,22). The lowest BCUT2D eigenvalue weighted by molar-refractivity contribution is 0.0954. The molecule has 0 atom stereocenters. The fraction of sp³-hybridized carbons (Fsp3) is 0.526. The first-order valence-electron chi connectivity index (χ1n) is 9.04. The van der Waals surface area contributed by atoms with Gasteiger partial charge in [0.2, 0.25) is 10.0 Å². The third-order valence-electron chi connectivity index (χ3n) is 4.52. The van der Waals surface area contributed by atoms with Crippen molar-refractivity contribution in [1.29, 1.82) is 0 Å². The van der Waals surface area contributed by atoms with Crippen molar-refractivity contribution in [2.75, 3.05) is 23.1 Å². The second-order valence-corrected chi connectivity index (χ2v) is 8.41. The summed E-state index contributed by atoms with van der Waals surface area (Å²) >= 11 is 0. The maximum atomic E-state index is 12.2. The third-order valence-corrected chi connectivity index (χ3v) is 6.39. The van der Waals surface area contributed by atoms with E-state index in [1.54, 1.807) is 38.1 Å². The number of allylic oxidation sites excluding steroid dienone is 1. The van der Waals surface area contributed by atoms with Crippen LogP contribution in [0.2, 0.25) is 0 Å². The number of sulfonamides is 1. The molecule has 0 spiro atoms. The molecule has 0 fully saturated rings. The molecule has 25 heavy (non-hydrogen) atoms. The van der Waals surface area contributed by atoms with Gasteiger partial charge in [0.25, 0.3) is 5.91 Å². The minimum atomic E-state index is -3.30. The first-order chi connectivity index (χ1) is 12.0. The number of rotatable bonds is 8. The lowest BCUT2D eigenvalue weighted by Gasteiger charge is -2.22. The number of anilines is 1. The Kier molecular flexibility index (Phi) is 7.05. The van der Waals surface area contributed by atoms with Gasteiger partial charge in [-0.15, -0.1) is 0 Å². The van der Waals surface area contributed by atoms with Gasteiger partial charge in [0.15, 0.2) is 0 Å². The maximum absolute atomic E-state index is 12.2. The Morgan fingerprint density at radius 1 is 1.16 bits per heavy atom. The number of hydrogen-bond acceptors (Lipinski definition) is 3. The fourth-order valence-electron chi connectivity index (χ4n) is 3.05. The lowest BCUT2D eigenvalue weighted by Crippen LogP contribution is -2.32. The largest absolute Gasteiger partial charge is 0.352 e. The van der Waals surface area contributed by atoms with Crippen molar-refractivity contribution in [3.63, 3.8) is 0 Å². The number of amides is 1. The van der Waals surface area contributed by atoms with Crippen LogP contribution >= 0.6 is 0 Å². The van der Waals surface area contributed by atoms with Crippen molar-refractivity contribution in [3.05, 3.63) is 41.5 Å². The smallest absolute Gasteiger partial charge is 0.251 e. The minimum absolute atomic E-state index is 0.0545. The molecule has 138 valence electrons. The monoisotopic (exact) mass is 364 g/mol. The zero-order chi connectivity index (χ0) is 18.3. The van der Waals surface area contributed by atoms with Gasteiger partial charge >= 0.3 is 0 Å². The molecule has 1 aliphatic carbocycles. The van der Waals surface area contributed by atoms with Gasteiger partial charge in [0, 0.05) is 18.7 Å². The third kappa shape index (κ3) is 5.33. The predicted octanol–water partition coefficient (Wildman–Crippen LogP) is 3.48. The number of hydrogen-bond donors (Lipinski definition) is 1. The molecule has 1 aromatic rings. The number of nitrogens with one attached hydrogen (secondary N) is 1. The Bertz CT molecular complexity index is 709. The molecule has 1 aliphatic rings. The summed E-state index contributed by atoms with van der Waals surface area (Å²) in [4.78, 5) is 12.2. The van der Waals surface area contributed by atoms with Crippen molar-refractivity contribution in [2.24, 2.45) is 0 Å². The number of carbonyl (C=O) groups is 1. The molecule has 1 aromatic carbocycles. The van der Waals surface area contributed by atoms with E-state index in [4.69, 9.17) is 0 Å². The first-order valence-corrected chi connectivity index (χ1v) is 10.7. The Labute approximate surface area is 151 Å². The highest BCUT2D eigenvalue weighted by Gasteiger charge is 2.18. The second-order valence-electron chi connectivity index (χ2n) is 6.23. The number of nitrogens with zero attached hydrogens (tertiary/aromatic N) is 1. The lowest BCUT2D eigenvalue weighted by atomic mass is 9.97. The van der Waals surface area contributed by atoms with E-state index in [0.717, 1.165) is 19.3 Å². The van der Waals surface area contributed by atoms with E-state index in [-0.39, 0.29) is 11.7 Å². The molecule has 0 heterocycles. The van der Waals surface area contributed by atoms with Crippen molar-refractivity contribution < 1.29 is 13.2 Å². The first kappa shape index (κ1) is 19.5. The predicted molar refractivity (Wildman–Crippen MR) is 102 cm³/mol. The maximum Gasteiger partial charge on any atom is 0.251 e. The van der Waals surface area contributed by atoms with Crippen molar-refractivity contribution in [2.45, 2.75) is 46.0 Å². The average Bonchev–Trinajstić information content (AvgIpc) is 2.63. The highest BCUT2D eigenvalue weighted by molar-refractivity contribution is 7.92. The quantitative estimate of drug-likeness (QED) is 0.718. The van der Waals surface area contributed by atoms with Gasteiger partial charge in [-0.25, -0.2) is 8.42 Å². The molecule has 0 unspecified atom stereocenters. The molecule has 6 heteroatoms. The Morgan fingerprint density at radius 3 is 2.44 bits per heavy atom. The molecular weight excluding hydrogens is 336 g/mol. The Balaban J connectivity index is 1.94. The number of carbonyl (C=O) groups excluding carboxylic acids is 1. The van der Waals surface area contributed by atoms with Gasteiger partial charge < -0.3 is 5.32 Å². The molecule has 0 saturated carbocycles. The van der Waals surface area contributed by atoms with Crippen LogP contribution in [0.3, 0.4) is 0 Å². The van der Waals surface area contributed by atoms with Crippen LogP contribution in [-0.2, 0) is 10.0 Å². The van der Waals surface area contributed by atoms with Gasteiger partial charge in [-0.3, -0.25) is 9.10 Å². The van der Waals surface area contributed by atoms with Crippen molar-refractivity contribution >= 4 is 21.6 Å². The van der Waals surface area contributed by atoms with Crippen LogP contribution in [0.4, 0.5) is 5.69 Å². The summed E-state index contributed by atoms with van der Waals surface area (Å²) in [7, 11) is -3.30. The van der Waals surface area contributed by atoms with Crippen molar-refractivity contribution in [1.82, 2.24) is 5.32 Å². The van der Waals surface area contributed by atoms with E-state index in [1.807, 2.05) is 0 Å². The van der Waals surface area contributed by atoms with E-state index in [2.05, 4.69) is 11.4 Å². The fourth-order valence-corrected chi connectivity index (χ4v) is 4.19. The highest BCUT2D eigenvalue weighted by Crippen LogP contribution is 2.20. The molecule has 0 radical (unpaired) electrons. The zero-order valence-electron chi connectivity index (χ0n) is 15.1. The van der Waals surface area contributed by atoms with E-state index in [1.165, 1.54) is 22.7 Å². The second kappa shape index (κ2) is 9.04. The van der Waals surface area contributed by atoms with Gasteiger partial charge in [0.05, 0.1) is 11.4 Å². The van der Waals surface area contributed by atoms with Crippen LogP contribution in [0, 0.1) is 0 Å². The van der Waals surface area contributed by atoms with Gasteiger partial charge in [-0.1, -0.05) is 11.6 Å². The van der Waals surface area contributed by atoms with E-state index in [0.29, 0.717) is 24.3 Å². The van der Waals surface area contributed by atoms with Crippen LogP contribution in [0.1, 0.15) is 56.3 Å². The van der Waals surface area contributed by atoms with Gasteiger partial charge in [-0.2, -0.15) is 0 Å². The molecule has 0 saturated heterocycles. The normalized spacial score (nSPS) is 14.7. The van der Waals surface area contributed by atoms with E-state index < -0.39 is 10.0 Å². The average molecular weight is 365 g/mol. The Hall–Kier alpha value is -1.82. The van der Waals surface area contributed by atoms with Crippen LogP contribution in [0.5, 0.6) is 0 Å². The molecule has 0 bridgehead atoms. The molecule has 0 aromatic heterocycles. The molecule has 5 nitrogen and oxygen atoms in total. The van der Waals surface area contributed by atoms with Crippen molar-refractivity contribution in [3.8, 4) is 0 Å². The summed E-state index contributed by atoms with van der Waals surface area (Å²) in [6, 6.07) is 6.74. The highest BCUT2D eigenvalue weighted by atomic mass is 32.2. The number of benzene rings is 1. The van der Waals surface area contributed by atoms with Crippen LogP contribution in [-0.4, -0.2) is 33.2 Å². The SMILES string of the molecule is CCN(c1ccc(C(=O)NCCC2=CCCCC2)cc1)S(=O)(=O)CC. The molecule has 2 rings (SSSR count). The summed E-state index contributed by atoms with van der Waals surface area (Å²) in [6.45, 7) is 4.43. The summed E-state index contributed by atoms with van der Waals surface area (Å²) in [6.07, 6.45) is 8.00. The van der Waals surface area contributed by atoms with Crippen LogP contribution < -0.4 is 9.62 Å². The summed E-state index contributed by atoms with van der Waals surface area (Å²) < 4.78 is 25.5. The molecule has 1 amide bonds. The van der Waals surface area contributed by atoms with Crippen LogP contribution in [0.15, 0.2) is 35.9 Å². The minimum Gasteiger partial charge on any atom is -0.352 e. The van der Waals surface area contributed by atoms with Gasteiger partial charge in [-0.05, 0) is 70.2 Å². The van der Waals surface area contributed by atoms with Crippen LogP contribution in [0.25, 0.3) is 0 Å². The summed E-state index contributed by atoms with van der Waals surface area (Å²) in [5.41, 5.74) is 2.57. The topological polar surface area (TPSA) is 66.5 Å². The molecule has 1 N–H and O–H groups in total. The Morgan fingerprint density at radius 2 is 1.88 bits per heavy atom. The van der Waals surface area contributed by atoms with E-state index >= 15 is 0 Å². The molecule has 0 aliphatic heterocycles. The van der Waals surface area contributed by atoms with Gasteiger partial charge in [0.1, 0.15) is 0 Å². The molecular formula is C19H28N2O3S. The summed E-state index contributed by atoms with van der Waals surface area (Å²) in [5, 5.41) is 2.94.